The predicted molar refractivity (Wildman–Crippen MR) is 242 cm³/mol. The fraction of sp³-hybridized carbons (Fsp3) is 0.0189. The minimum atomic E-state index is 0.550. The van der Waals surface area contributed by atoms with Gasteiger partial charge in [0.1, 0.15) is 11.2 Å². The molecule has 276 valence electrons. The largest absolute Gasteiger partial charge is 0.456 e. The van der Waals surface area contributed by atoms with Crippen LogP contribution in [-0.4, -0.2) is 15.0 Å². The quantitative estimate of drug-likeness (QED) is 0.168. The van der Waals surface area contributed by atoms with Crippen LogP contribution in [0.1, 0.15) is 11.1 Å². The van der Waals surface area contributed by atoms with Crippen LogP contribution in [0.5, 0.6) is 0 Å². The van der Waals surface area contributed by atoms with E-state index < -0.39 is 0 Å². The predicted octanol–water partition coefficient (Wildman–Crippen LogP) is 14.3. The standard InChI is InChI=1S/C53H32N4OS/c1-32-22-25-48-45(26-32)42-19-8-20-44(50(42)59-48)53-56-51(39-17-7-15-37(29-39)35-13-5-10-33(27-35)31-54)55-52(57-53)40-23-24-43-47(30-40)58-46-21-9-18-41(49(43)46)38-16-6-14-36(28-38)34-11-3-2-4-12-34/h2-30H,1H3. The first kappa shape index (κ1) is 34.5. The summed E-state index contributed by atoms with van der Waals surface area (Å²) in [5, 5.41) is 14.1. The molecule has 8 aromatic carbocycles. The van der Waals surface area contributed by atoms with E-state index in [1.165, 1.54) is 32.2 Å². The van der Waals surface area contributed by atoms with E-state index in [4.69, 9.17) is 19.4 Å². The molecule has 3 heterocycles. The monoisotopic (exact) mass is 772 g/mol. The van der Waals surface area contributed by atoms with Crippen molar-refractivity contribution in [3.63, 3.8) is 0 Å². The van der Waals surface area contributed by atoms with Crippen molar-refractivity contribution in [2.24, 2.45) is 0 Å². The third-order valence-electron chi connectivity index (χ3n) is 11.0. The molecule has 0 saturated carbocycles. The van der Waals surface area contributed by atoms with Gasteiger partial charge in [0, 0.05) is 47.6 Å². The molecule has 3 aromatic heterocycles. The first-order valence-corrected chi connectivity index (χ1v) is 20.3. The summed E-state index contributed by atoms with van der Waals surface area (Å²) in [5.41, 5.74) is 12.5. The van der Waals surface area contributed by atoms with E-state index >= 15 is 0 Å². The molecule has 0 amide bonds. The number of nitriles is 1. The van der Waals surface area contributed by atoms with Gasteiger partial charge in [-0.1, -0.05) is 121 Å². The molecular formula is C53H32N4OS. The van der Waals surface area contributed by atoms with E-state index in [2.05, 4.69) is 134 Å². The summed E-state index contributed by atoms with van der Waals surface area (Å²) < 4.78 is 8.97. The van der Waals surface area contributed by atoms with Crippen LogP contribution < -0.4 is 0 Å². The summed E-state index contributed by atoms with van der Waals surface area (Å²) >= 11 is 1.76. The first-order valence-electron chi connectivity index (χ1n) is 19.5. The highest BCUT2D eigenvalue weighted by atomic mass is 32.1. The molecule has 0 aliphatic carbocycles. The lowest BCUT2D eigenvalue weighted by Crippen LogP contribution is -2.00. The van der Waals surface area contributed by atoms with Gasteiger partial charge in [-0.2, -0.15) is 5.26 Å². The molecule has 0 aliphatic heterocycles. The number of benzene rings is 8. The van der Waals surface area contributed by atoms with E-state index in [-0.39, 0.29) is 0 Å². The molecule has 11 rings (SSSR count). The molecule has 11 aromatic rings. The Labute approximate surface area is 344 Å². The summed E-state index contributed by atoms with van der Waals surface area (Å²) in [4.78, 5) is 15.6. The van der Waals surface area contributed by atoms with Crippen molar-refractivity contribution in [2.45, 2.75) is 6.92 Å². The normalized spacial score (nSPS) is 11.5. The van der Waals surface area contributed by atoms with Gasteiger partial charge in [0.25, 0.3) is 0 Å². The molecule has 6 heteroatoms. The van der Waals surface area contributed by atoms with Crippen molar-refractivity contribution in [3.8, 4) is 73.6 Å². The van der Waals surface area contributed by atoms with Crippen LogP contribution in [0.3, 0.4) is 0 Å². The van der Waals surface area contributed by atoms with Gasteiger partial charge in [-0.25, -0.2) is 15.0 Å². The lowest BCUT2D eigenvalue weighted by atomic mass is 9.96. The van der Waals surface area contributed by atoms with Crippen LogP contribution in [0.15, 0.2) is 180 Å². The smallest absolute Gasteiger partial charge is 0.165 e. The van der Waals surface area contributed by atoms with Gasteiger partial charge in [-0.15, -0.1) is 11.3 Å². The van der Waals surface area contributed by atoms with E-state index in [0.29, 0.717) is 23.0 Å². The Morgan fingerprint density at radius 3 is 1.93 bits per heavy atom. The molecule has 59 heavy (non-hydrogen) atoms. The molecule has 0 atom stereocenters. The zero-order valence-corrected chi connectivity index (χ0v) is 32.7. The minimum absolute atomic E-state index is 0.550. The second-order valence-corrected chi connectivity index (χ2v) is 15.9. The van der Waals surface area contributed by atoms with Gasteiger partial charge in [-0.05, 0) is 101 Å². The molecule has 0 unspecified atom stereocenters. The highest BCUT2D eigenvalue weighted by Gasteiger charge is 2.19. The Morgan fingerprint density at radius 2 is 1.10 bits per heavy atom. The Bertz CT molecular complexity index is 3480. The fourth-order valence-electron chi connectivity index (χ4n) is 8.15. The van der Waals surface area contributed by atoms with Gasteiger partial charge in [-0.3, -0.25) is 0 Å². The molecule has 0 aliphatic rings. The number of aryl methyl sites for hydroxylation is 1. The molecular weight excluding hydrogens is 741 g/mol. The fourth-order valence-corrected chi connectivity index (χ4v) is 9.34. The van der Waals surface area contributed by atoms with Crippen molar-refractivity contribution < 1.29 is 4.42 Å². The lowest BCUT2D eigenvalue weighted by Gasteiger charge is -2.10. The lowest BCUT2D eigenvalue weighted by molar-refractivity contribution is 0.669. The van der Waals surface area contributed by atoms with Crippen LogP contribution in [-0.2, 0) is 0 Å². The maximum Gasteiger partial charge on any atom is 0.165 e. The topological polar surface area (TPSA) is 75.6 Å². The number of hydrogen-bond donors (Lipinski definition) is 0. The summed E-state index contributed by atoms with van der Waals surface area (Å²) in [5.74, 6) is 1.71. The Hall–Kier alpha value is -7.72. The second-order valence-electron chi connectivity index (χ2n) is 14.8. The van der Waals surface area contributed by atoms with Crippen LogP contribution in [0.25, 0.3) is 110 Å². The van der Waals surface area contributed by atoms with Gasteiger partial charge >= 0.3 is 0 Å². The van der Waals surface area contributed by atoms with E-state index in [1.807, 2.05) is 54.6 Å². The third kappa shape index (κ3) is 6.13. The number of thiophene rings is 1. The van der Waals surface area contributed by atoms with Crippen LogP contribution in [0.2, 0.25) is 0 Å². The second kappa shape index (κ2) is 14.0. The molecule has 0 radical (unpaired) electrons. The van der Waals surface area contributed by atoms with Gasteiger partial charge in [0.2, 0.25) is 0 Å². The summed E-state index contributed by atoms with van der Waals surface area (Å²) in [6, 6.07) is 62.7. The number of furan rings is 1. The summed E-state index contributed by atoms with van der Waals surface area (Å²) in [7, 11) is 0. The molecule has 0 saturated heterocycles. The zero-order chi connectivity index (χ0) is 39.5. The highest BCUT2D eigenvalue weighted by Crippen LogP contribution is 2.42. The number of fused-ring (bicyclic) bond motifs is 6. The highest BCUT2D eigenvalue weighted by molar-refractivity contribution is 7.26. The van der Waals surface area contributed by atoms with E-state index in [9.17, 15) is 5.26 Å². The molecule has 5 nitrogen and oxygen atoms in total. The van der Waals surface area contributed by atoms with E-state index in [0.717, 1.165) is 65.6 Å². The van der Waals surface area contributed by atoms with Crippen LogP contribution in [0.4, 0.5) is 0 Å². The van der Waals surface area contributed by atoms with Crippen molar-refractivity contribution in [1.82, 2.24) is 15.0 Å². The van der Waals surface area contributed by atoms with E-state index in [1.54, 1.807) is 11.3 Å². The molecule has 0 fully saturated rings. The Morgan fingerprint density at radius 1 is 0.458 bits per heavy atom. The zero-order valence-electron chi connectivity index (χ0n) is 31.8. The number of rotatable bonds is 6. The van der Waals surface area contributed by atoms with Gasteiger partial charge in [0.05, 0.1) is 11.6 Å². The number of hydrogen-bond acceptors (Lipinski definition) is 6. The average molecular weight is 773 g/mol. The van der Waals surface area contributed by atoms with Crippen LogP contribution >= 0.6 is 11.3 Å². The number of nitrogens with zero attached hydrogens (tertiary/aromatic N) is 4. The minimum Gasteiger partial charge on any atom is -0.456 e. The molecule has 0 spiro atoms. The molecule has 0 N–H and O–H groups in total. The molecule has 0 bridgehead atoms. The SMILES string of the molecule is Cc1ccc2sc3c(-c4nc(-c5cccc(-c6cccc(C#N)c6)c5)nc(-c5ccc6c(c5)oc5cccc(-c7cccc(-c8ccccc8)c7)c56)n4)cccc3c2c1. The van der Waals surface area contributed by atoms with Crippen molar-refractivity contribution in [1.29, 1.82) is 5.26 Å². The summed E-state index contributed by atoms with van der Waals surface area (Å²) in [6.45, 7) is 2.13. The van der Waals surface area contributed by atoms with Gasteiger partial charge < -0.3 is 4.42 Å². The Kier molecular flexibility index (Phi) is 8.21. The summed E-state index contributed by atoms with van der Waals surface area (Å²) in [6.07, 6.45) is 0. The number of aromatic nitrogens is 3. The maximum absolute atomic E-state index is 9.59. The average Bonchev–Trinajstić information content (AvgIpc) is 3.87. The van der Waals surface area contributed by atoms with Crippen molar-refractivity contribution in [2.75, 3.05) is 0 Å². The third-order valence-corrected chi connectivity index (χ3v) is 12.2. The van der Waals surface area contributed by atoms with Crippen LogP contribution in [0, 0.1) is 18.3 Å². The van der Waals surface area contributed by atoms with Gasteiger partial charge in [0.15, 0.2) is 17.5 Å². The van der Waals surface area contributed by atoms with Crippen molar-refractivity contribution >= 4 is 53.4 Å². The van der Waals surface area contributed by atoms with Crippen molar-refractivity contribution in [3.05, 3.63) is 187 Å². The maximum atomic E-state index is 9.59. The Balaban J connectivity index is 1.08. The first-order chi connectivity index (χ1) is 29.1.